The van der Waals surface area contributed by atoms with Crippen molar-refractivity contribution in [3.05, 3.63) is 95.6 Å². The molecule has 1 saturated heterocycles. The van der Waals surface area contributed by atoms with E-state index in [1.165, 1.54) is 12.5 Å². The number of hydrogen-bond donors (Lipinski definition) is 4. The number of nitrogens with one attached hydrogen (secondary N) is 3. The molecule has 2 heterocycles. The Hall–Kier alpha value is -5.10. The highest BCUT2D eigenvalue weighted by Crippen LogP contribution is 2.44. The smallest absolute Gasteiger partial charge is 0.328 e. The molecule has 1 atom stereocenters. The molecular weight excluding hydrogens is 684 g/mol. The minimum Gasteiger partial charge on any atom is -0.478 e. The van der Waals surface area contributed by atoms with E-state index in [0.29, 0.717) is 61.5 Å². The maximum absolute atomic E-state index is 14.4. The number of ether oxygens (including phenoxy) is 2. The molecule has 2 saturated carbocycles. The highest BCUT2D eigenvalue weighted by molar-refractivity contribution is 6.08. The number of carbonyl (C=O) groups excluding carboxylic acids is 3. The summed E-state index contributed by atoms with van der Waals surface area (Å²) in [6.07, 6.45) is 10.5. The molecule has 3 aliphatic rings. The van der Waals surface area contributed by atoms with Crippen LogP contribution in [0.4, 0.5) is 5.69 Å². The maximum Gasteiger partial charge on any atom is 0.328 e. The average molecular weight is 733 g/mol. The minimum atomic E-state index is -1.11. The summed E-state index contributed by atoms with van der Waals surface area (Å²) in [5, 5.41) is 19.3. The molecule has 282 valence electrons. The van der Waals surface area contributed by atoms with Gasteiger partial charge in [0.25, 0.3) is 5.91 Å². The zero-order chi connectivity index (χ0) is 37.5. The molecule has 3 aromatic carbocycles. The topological polar surface area (TPSA) is 148 Å². The Morgan fingerprint density at radius 1 is 0.889 bits per heavy atom. The maximum atomic E-state index is 14.4. The molecule has 0 spiro atoms. The normalized spacial score (nSPS) is 18.9. The van der Waals surface area contributed by atoms with Gasteiger partial charge >= 0.3 is 5.97 Å². The minimum absolute atomic E-state index is 0.0735. The SMILES string of the molecule is O=C(O)C=Cc1ccc(NC(=O)C2(NC(=O)c3ccc4c(C5CCCCC5)c(-c5ccccc5)n(C(=O)CNCC5COCCO5)c4c3)CCCC2)cc1. The molecule has 4 N–H and O–H groups in total. The van der Waals surface area contributed by atoms with Crippen LogP contribution in [0.15, 0.2) is 78.9 Å². The van der Waals surface area contributed by atoms with E-state index in [0.717, 1.165) is 66.8 Å². The van der Waals surface area contributed by atoms with Gasteiger partial charge in [-0.05, 0) is 78.6 Å². The highest BCUT2D eigenvalue weighted by atomic mass is 16.6. The van der Waals surface area contributed by atoms with Crippen molar-refractivity contribution in [2.75, 3.05) is 38.2 Å². The summed E-state index contributed by atoms with van der Waals surface area (Å²) in [4.78, 5) is 53.3. The van der Waals surface area contributed by atoms with E-state index in [1.807, 2.05) is 48.5 Å². The van der Waals surface area contributed by atoms with E-state index in [4.69, 9.17) is 14.6 Å². The number of aromatic nitrogens is 1. The molecule has 1 aromatic heterocycles. The summed E-state index contributed by atoms with van der Waals surface area (Å²) in [5.41, 5.74) is 4.14. The van der Waals surface area contributed by atoms with Gasteiger partial charge < -0.3 is 30.5 Å². The Kier molecular flexibility index (Phi) is 11.7. The van der Waals surface area contributed by atoms with Crippen molar-refractivity contribution >= 4 is 46.4 Å². The largest absolute Gasteiger partial charge is 0.478 e. The number of carboxylic acid groups (broad SMARTS) is 1. The Labute approximate surface area is 315 Å². The zero-order valence-corrected chi connectivity index (χ0v) is 30.5. The monoisotopic (exact) mass is 732 g/mol. The molecule has 2 aliphatic carbocycles. The van der Waals surface area contributed by atoms with Gasteiger partial charge in [-0.2, -0.15) is 0 Å². The predicted octanol–water partition coefficient (Wildman–Crippen LogP) is 6.78. The molecular formula is C43H48N4O7. The number of anilines is 1. The Morgan fingerprint density at radius 3 is 2.35 bits per heavy atom. The van der Waals surface area contributed by atoms with E-state index in [1.54, 1.807) is 28.8 Å². The Morgan fingerprint density at radius 2 is 1.65 bits per heavy atom. The fourth-order valence-corrected chi connectivity index (χ4v) is 8.24. The van der Waals surface area contributed by atoms with Crippen molar-refractivity contribution < 1.29 is 33.8 Å². The van der Waals surface area contributed by atoms with Crippen LogP contribution < -0.4 is 16.0 Å². The number of benzene rings is 3. The van der Waals surface area contributed by atoms with Crippen LogP contribution in [0.3, 0.4) is 0 Å². The van der Waals surface area contributed by atoms with Crippen molar-refractivity contribution in [1.29, 1.82) is 0 Å². The van der Waals surface area contributed by atoms with Crippen LogP contribution in [0.1, 0.15) is 90.0 Å². The highest BCUT2D eigenvalue weighted by Gasteiger charge is 2.43. The van der Waals surface area contributed by atoms with Gasteiger partial charge in [0, 0.05) is 29.3 Å². The molecule has 0 radical (unpaired) electrons. The van der Waals surface area contributed by atoms with Crippen molar-refractivity contribution in [3.8, 4) is 11.3 Å². The van der Waals surface area contributed by atoms with Gasteiger partial charge in [0.15, 0.2) is 0 Å². The molecule has 3 fully saturated rings. The number of fused-ring (bicyclic) bond motifs is 1. The second-order valence-corrected chi connectivity index (χ2v) is 14.6. The first-order valence-electron chi connectivity index (χ1n) is 19.1. The molecule has 4 aromatic rings. The summed E-state index contributed by atoms with van der Waals surface area (Å²) < 4.78 is 13.1. The van der Waals surface area contributed by atoms with E-state index in [9.17, 15) is 19.2 Å². The van der Waals surface area contributed by atoms with Gasteiger partial charge in [-0.1, -0.05) is 80.6 Å². The standard InChI is InChI=1S/C43H48N4O7/c48-37(27-44-26-34-28-53-23-24-54-34)47-36-25-32(16-19-35(36)39(30-9-3-1-4-10-30)40(47)31-11-5-2-6-12-31)41(51)46-43(21-7-8-22-43)42(52)45-33-17-13-29(14-18-33)15-20-38(49)50/h2,5-6,11-20,25,30,34,44H,1,3-4,7-10,21-24,26-28H2,(H,45,52)(H,46,51)(H,49,50). The third-order valence-electron chi connectivity index (χ3n) is 10.9. The van der Waals surface area contributed by atoms with E-state index < -0.39 is 11.5 Å². The first-order chi connectivity index (χ1) is 26.3. The van der Waals surface area contributed by atoms with Gasteiger partial charge in [-0.3, -0.25) is 19.0 Å². The molecule has 7 rings (SSSR count). The first kappa shape index (κ1) is 37.2. The van der Waals surface area contributed by atoms with Crippen LogP contribution in [-0.2, 0) is 19.1 Å². The Balaban J connectivity index is 1.20. The molecule has 11 heteroatoms. The number of nitrogens with zero attached hydrogens (tertiary/aromatic N) is 1. The molecule has 0 bridgehead atoms. The number of hydrogen-bond acceptors (Lipinski definition) is 7. The predicted molar refractivity (Wildman–Crippen MR) is 208 cm³/mol. The van der Waals surface area contributed by atoms with Crippen LogP contribution in [-0.4, -0.2) is 77.9 Å². The third kappa shape index (κ3) is 8.33. The Bertz CT molecular complexity index is 2000. The molecule has 11 nitrogen and oxygen atoms in total. The lowest BCUT2D eigenvalue weighted by atomic mass is 9.81. The summed E-state index contributed by atoms with van der Waals surface area (Å²) in [6, 6.07) is 22.5. The number of amides is 2. The summed E-state index contributed by atoms with van der Waals surface area (Å²) in [7, 11) is 0. The first-order valence-corrected chi connectivity index (χ1v) is 19.1. The quantitative estimate of drug-likeness (QED) is 0.117. The lowest BCUT2D eigenvalue weighted by molar-refractivity contribution is -0.131. The van der Waals surface area contributed by atoms with Crippen LogP contribution >= 0.6 is 0 Å². The van der Waals surface area contributed by atoms with Crippen LogP contribution in [0.2, 0.25) is 0 Å². The summed E-state index contributed by atoms with van der Waals surface area (Å²) in [5.74, 6) is -1.58. The number of rotatable bonds is 12. The number of aliphatic carboxylic acids is 1. The fourth-order valence-electron chi connectivity index (χ4n) is 8.24. The summed E-state index contributed by atoms with van der Waals surface area (Å²) >= 11 is 0. The lowest BCUT2D eigenvalue weighted by Gasteiger charge is -2.29. The summed E-state index contributed by atoms with van der Waals surface area (Å²) in [6.45, 7) is 2.13. The van der Waals surface area contributed by atoms with Crippen LogP contribution in [0.25, 0.3) is 28.2 Å². The van der Waals surface area contributed by atoms with Gasteiger partial charge in [0.1, 0.15) is 5.54 Å². The third-order valence-corrected chi connectivity index (χ3v) is 10.9. The van der Waals surface area contributed by atoms with Crippen molar-refractivity contribution in [3.63, 3.8) is 0 Å². The lowest BCUT2D eigenvalue weighted by Crippen LogP contribution is -2.55. The van der Waals surface area contributed by atoms with Crippen LogP contribution in [0, 0.1) is 0 Å². The molecule has 54 heavy (non-hydrogen) atoms. The second-order valence-electron chi connectivity index (χ2n) is 14.6. The van der Waals surface area contributed by atoms with Crippen LogP contribution in [0.5, 0.6) is 0 Å². The van der Waals surface area contributed by atoms with Gasteiger partial charge in [-0.25, -0.2) is 4.79 Å². The van der Waals surface area contributed by atoms with E-state index >= 15 is 0 Å². The molecule has 1 unspecified atom stereocenters. The van der Waals surface area contributed by atoms with E-state index in [-0.39, 0.29) is 36.3 Å². The fraction of sp³-hybridized carbons (Fsp3) is 0.395. The van der Waals surface area contributed by atoms with Gasteiger partial charge in [0.2, 0.25) is 11.8 Å². The number of carbonyl (C=O) groups is 4. The van der Waals surface area contributed by atoms with Gasteiger partial charge in [0.05, 0.1) is 43.7 Å². The van der Waals surface area contributed by atoms with Crippen molar-refractivity contribution in [1.82, 2.24) is 15.2 Å². The van der Waals surface area contributed by atoms with Gasteiger partial charge in [-0.15, -0.1) is 0 Å². The molecule has 2 amide bonds. The van der Waals surface area contributed by atoms with Crippen molar-refractivity contribution in [2.45, 2.75) is 75.3 Å². The van der Waals surface area contributed by atoms with E-state index in [2.05, 4.69) is 16.0 Å². The van der Waals surface area contributed by atoms with Crippen molar-refractivity contribution in [2.24, 2.45) is 0 Å². The number of carboxylic acids is 1. The second kappa shape index (κ2) is 16.9. The average Bonchev–Trinajstić information content (AvgIpc) is 3.82. The zero-order valence-electron chi connectivity index (χ0n) is 30.5. The molecule has 1 aliphatic heterocycles.